The van der Waals surface area contributed by atoms with E-state index in [9.17, 15) is 4.39 Å². The second-order valence-electron chi connectivity index (χ2n) is 9.63. The molecule has 0 aliphatic carbocycles. The predicted molar refractivity (Wildman–Crippen MR) is 105 cm³/mol. The molecule has 5 heterocycles. The van der Waals surface area contributed by atoms with Crippen LogP contribution in [-0.4, -0.2) is 79.3 Å². The van der Waals surface area contributed by atoms with Crippen LogP contribution >= 0.6 is 0 Å². The van der Waals surface area contributed by atoms with Crippen molar-refractivity contribution < 1.29 is 4.39 Å². The maximum Gasteiger partial charge on any atom is 0.113 e. The van der Waals surface area contributed by atoms with Crippen molar-refractivity contribution in [3.05, 3.63) is 0 Å². The Hall–Kier alpha value is -0.310. The van der Waals surface area contributed by atoms with Gasteiger partial charge in [0.05, 0.1) is 18.4 Å². The third-order valence-corrected chi connectivity index (χ3v) is 7.82. The van der Waals surface area contributed by atoms with E-state index < -0.39 is 6.17 Å². The van der Waals surface area contributed by atoms with Crippen LogP contribution in [0.2, 0.25) is 0 Å². The number of alkyl halides is 1. The molecule has 5 fully saturated rings. The number of rotatable bonds is 0. The summed E-state index contributed by atoms with van der Waals surface area (Å²) in [5.74, 6) is 1.11. The fourth-order valence-electron chi connectivity index (χ4n) is 6.35. The molecule has 0 saturated carbocycles. The number of hydrazine groups is 1. The van der Waals surface area contributed by atoms with E-state index in [-0.39, 0.29) is 0 Å². The van der Waals surface area contributed by atoms with Gasteiger partial charge in [-0.1, -0.05) is 6.92 Å². The van der Waals surface area contributed by atoms with Gasteiger partial charge in [-0.25, -0.2) is 9.40 Å². The second-order valence-corrected chi connectivity index (χ2v) is 9.63. The zero-order valence-corrected chi connectivity index (χ0v) is 16.7. The normalized spacial score (nSPS) is 49.6. The SMILES string of the molecule is CC1CCC2NCC(F)CC2C2CCCN2C2CCN3NCC(NC1)C3N2. The lowest BCUT2D eigenvalue weighted by molar-refractivity contribution is -0.00177. The quantitative estimate of drug-likeness (QED) is 0.494. The van der Waals surface area contributed by atoms with E-state index in [1.54, 1.807) is 0 Å². The van der Waals surface area contributed by atoms with Gasteiger partial charge >= 0.3 is 0 Å². The summed E-state index contributed by atoms with van der Waals surface area (Å²) in [5, 5.41) is 13.8. The minimum atomic E-state index is -0.679. The smallest absolute Gasteiger partial charge is 0.113 e. The molecule has 6 nitrogen and oxygen atoms in total. The fraction of sp³-hybridized carbons (Fsp3) is 1.00. The fourth-order valence-corrected chi connectivity index (χ4v) is 6.35. The van der Waals surface area contributed by atoms with Crippen LogP contribution in [0.1, 0.15) is 45.4 Å². The molecule has 2 bridgehead atoms. The first-order chi connectivity index (χ1) is 13.2. The molecule has 5 aliphatic rings. The summed E-state index contributed by atoms with van der Waals surface area (Å²) in [6.45, 7) is 7.25. The predicted octanol–water partition coefficient (Wildman–Crippen LogP) is 0.621. The molecule has 0 radical (unpaired) electrons. The average Bonchev–Trinajstić information content (AvgIpc) is 3.31. The van der Waals surface area contributed by atoms with Crippen LogP contribution in [0.25, 0.3) is 0 Å². The summed E-state index contributed by atoms with van der Waals surface area (Å²) in [7, 11) is 0. The molecule has 5 rings (SSSR count). The van der Waals surface area contributed by atoms with Gasteiger partial charge in [-0.15, -0.1) is 0 Å². The summed E-state index contributed by atoms with van der Waals surface area (Å²) in [6.07, 6.45) is 6.91. The van der Waals surface area contributed by atoms with E-state index in [1.807, 2.05) is 0 Å². The highest BCUT2D eigenvalue weighted by Gasteiger charge is 2.46. The van der Waals surface area contributed by atoms with Crippen LogP contribution in [0.3, 0.4) is 0 Å². The van der Waals surface area contributed by atoms with Crippen LogP contribution in [0.15, 0.2) is 0 Å². The Kier molecular flexibility index (Phi) is 5.43. The molecule has 0 aromatic carbocycles. The highest BCUT2D eigenvalue weighted by atomic mass is 19.1. The molecule has 0 aromatic heterocycles. The van der Waals surface area contributed by atoms with Crippen LogP contribution in [-0.2, 0) is 0 Å². The van der Waals surface area contributed by atoms with Gasteiger partial charge in [-0.2, -0.15) is 0 Å². The van der Waals surface area contributed by atoms with E-state index in [0.29, 0.717) is 48.8 Å². The molecule has 8 atom stereocenters. The van der Waals surface area contributed by atoms with E-state index in [4.69, 9.17) is 0 Å². The van der Waals surface area contributed by atoms with Crippen LogP contribution in [0.4, 0.5) is 4.39 Å². The Morgan fingerprint density at radius 1 is 0.926 bits per heavy atom. The summed E-state index contributed by atoms with van der Waals surface area (Å²) in [5.41, 5.74) is 3.58. The lowest BCUT2D eigenvalue weighted by Gasteiger charge is -2.47. The Morgan fingerprint density at radius 2 is 1.81 bits per heavy atom. The Morgan fingerprint density at radius 3 is 2.74 bits per heavy atom. The third-order valence-electron chi connectivity index (χ3n) is 7.82. The van der Waals surface area contributed by atoms with Gasteiger partial charge in [0.25, 0.3) is 0 Å². The second kappa shape index (κ2) is 7.84. The lowest BCUT2D eigenvalue weighted by Crippen LogP contribution is -2.66. The first-order valence-electron chi connectivity index (χ1n) is 11.3. The van der Waals surface area contributed by atoms with Gasteiger partial charge in [0.2, 0.25) is 0 Å². The molecule has 0 amide bonds. The molecule has 7 heteroatoms. The van der Waals surface area contributed by atoms with E-state index in [0.717, 1.165) is 39.0 Å². The Balaban J connectivity index is 1.41. The monoisotopic (exact) mass is 380 g/mol. The largest absolute Gasteiger partial charge is 0.311 e. The molecule has 5 saturated heterocycles. The molecular formula is C20H37FN6. The molecular weight excluding hydrogens is 343 g/mol. The van der Waals surface area contributed by atoms with Crippen molar-refractivity contribution in [2.45, 2.75) is 82.1 Å². The van der Waals surface area contributed by atoms with E-state index in [1.165, 1.54) is 25.7 Å². The number of hydrogen-bond donors (Lipinski definition) is 4. The van der Waals surface area contributed by atoms with E-state index >= 15 is 0 Å². The van der Waals surface area contributed by atoms with Crippen LogP contribution in [0.5, 0.6) is 0 Å². The van der Waals surface area contributed by atoms with Crippen molar-refractivity contribution in [2.24, 2.45) is 11.8 Å². The number of hydrogen-bond acceptors (Lipinski definition) is 6. The van der Waals surface area contributed by atoms with E-state index in [2.05, 4.69) is 38.2 Å². The molecule has 5 aliphatic heterocycles. The summed E-state index contributed by atoms with van der Waals surface area (Å²) >= 11 is 0. The number of fused-ring (bicyclic) bond motifs is 5. The van der Waals surface area contributed by atoms with Crippen molar-refractivity contribution in [1.29, 1.82) is 0 Å². The first kappa shape index (κ1) is 18.7. The van der Waals surface area contributed by atoms with Gasteiger partial charge in [0.15, 0.2) is 0 Å². The summed E-state index contributed by atoms with van der Waals surface area (Å²) in [4.78, 5) is 2.71. The van der Waals surface area contributed by atoms with Gasteiger partial charge in [0.1, 0.15) is 6.17 Å². The van der Waals surface area contributed by atoms with Crippen molar-refractivity contribution in [1.82, 2.24) is 31.3 Å². The third kappa shape index (κ3) is 3.67. The molecule has 0 aromatic rings. The molecule has 154 valence electrons. The number of nitrogens with zero attached hydrogens (tertiary/aromatic N) is 2. The minimum absolute atomic E-state index is 0.368. The highest BCUT2D eigenvalue weighted by Crippen LogP contribution is 2.36. The van der Waals surface area contributed by atoms with Gasteiger partial charge in [-0.05, 0) is 63.5 Å². The molecule has 4 N–H and O–H groups in total. The van der Waals surface area contributed by atoms with Gasteiger partial charge in [0, 0.05) is 31.7 Å². The zero-order valence-electron chi connectivity index (χ0n) is 16.7. The zero-order chi connectivity index (χ0) is 18.4. The number of piperidine rings is 1. The molecule has 8 unspecified atom stereocenters. The van der Waals surface area contributed by atoms with Crippen LogP contribution < -0.4 is 21.4 Å². The van der Waals surface area contributed by atoms with Crippen molar-refractivity contribution >= 4 is 0 Å². The minimum Gasteiger partial charge on any atom is -0.311 e. The summed E-state index contributed by atoms with van der Waals surface area (Å²) < 4.78 is 14.4. The summed E-state index contributed by atoms with van der Waals surface area (Å²) in [6, 6.07) is 1.47. The maximum atomic E-state index is 14.4. The highest BCUT2D eigenvalue weighted by molar-refractivity contribution is 5.01. The number of halogens is 1. The average molecular weight is 381 g/mol. The molecule has 0 spiro atoms. The molecule has 27 heavy (non-hydrogen) atoms. The number of nitrogens with one attached hydrogen (secondary N) is 4. The first-order valence-corrected chi connectivity index (χ1v) is 11.3. The maximum absolute atomic E-state index is 14.4. The lowest BCUT2D eigenvalue weighted by atomic mass is 9.79. The van der Waals surface area contributed by atoms with Crippen LogP contribution in [0, 0.1) is 11.8 Å². The standard InChI is InChI=1S/C20H37FN6/c1-13-4-5-16-15(9-14(21)11-23-16)18-3-2-7-26(18)19-6-8-27-20(25-19)17(12-24-27)22-10-13/h13-20,22-25H,2-12H2,1H3. The van der Waals surface area contributed by atoms with Gasteiger partial charge < -0.3 is 10.6 Å². The van der Waals surface area contributed by atoms with Crippen molar-refractivity contribution in [2.75, 3.05) is 32.7 Å². The Labute approximate surface area is 162 Å². The van der Waals surface area contributed by atoms with Crippen molar-refractivity contribution in [3.63, 3.8) is 0 Å². The topological polar surface area (TPSA) is 54.6 Å². The van der Waals surface area contributed by atoms with Gasteiger partial charge in [-0.3, -0.25) is 15.6 Å². The van der Waals surface area contributed by atoms with Crippen molar-refractivity contribution in [3.8, 4) is 0 Å². The Bertz CT molecular complexity index is 521.